The molecule has 1 rings (SSSR count). The molecule has 1 nitrogen and oxygen atoms in total. The number of rotatable bonds is 19. The van der Waals surface area contributed by atoms with Gasteiger partial charge in [-0.15, -0.1) is 0 Å². The van der Waals surface area contributed by atoms with E-state index in [9.17, 15) is 0 Å². The van der Waals surface area contributed by atoms with Crippen molar-refractivity contribution >= 4 is 5.71 Å². The van der Waals surface area contributed by atoms with E-state index in [0.29, 0.717) is 0 Å². The third-order valence-electron chi connectivity index (χ3n) is 6.21. The van der Waals surface area contributed by atoms with Gasteiger partial charge in [0.05, 0.1) is 0 Å². The molecule has 0 bridgehead atoms. The average molecular weight is 364 g/mol. The number of unbranched alkanes of at least 4 members (excludes halogenated alkanes) is 15. The van der Waals surface area contributed by atoms with Crippen LogP contribution in [-0.2, 0) is 0 Å². The molecule has 1 unspecified atom stereocenters. The molecule has 0 radical (unpaired) electrons. The van der Waals surface area contributed by atoms with Crippen LogP contribution in [0.1, 0.15) is 142 Å². The summed E-state index contributed by atoms with van der Waals surface area (Å²) in [6.07, 6.45) is 28.5. The molecule has 0 N–H and O–H groups in total. The van der Waals surface area contributed by atoms with Crippen LogP contribution in [0.2, 0.25) is 0 Å². The standard InChI is InChI=1S/C25H49N/c1-3-5-7-9-11-13-15-17-19-21-25-24(22-23-26-25)20-18-16-14-12-10-8-6-4-2/h24H,3-23H2,1-2H3. The Kier molecular flexibility index (Phi) is 16.5. The Bertz CT molecular complexity index is 320. The predicted molar refractivity (Wildman–Crippen MR) is 119 cm³/mol. The fourth-order valence-corrected chi connectivity index (χ4v) is 4.40. The minimum absolute atomic E-state index is 0.851. The van der Waals surface area contributed by atoms with Gasteiger partial charge in [0.1, 0.15) is 0 Å². The molecule has 0 aromatic heterocycles. The lowest BCUT2D eigenvalue weighted by molar-refractivity contribution is 0.520. The molecule has 0 saturated heterocycles. The largest absolute Gasteiger partial charge is 0.294 e. The molecular formula is C25H49N. The maximum atomic E-state index is 4.85. The van der Waals surface area contributed by atoms with E-state index in [4.69, 9.17) is 4.99 Å². The molecule has 0 saturated carbocycles. The Balaban J connectivity index is 1.92. The second-order valence-electron chi connectivity index (χ2n) is 8.70. The van der Waals surface area contributed by atoms with Gasteiger partial charge in [0.15, 0.2) is 0 Å². The first-order chi connectivity index (χ1) is 12.9. The van der Waals surface area contributed by atoms with Crippen LogP contribution < -0.4 is 0 Å². The van der Waals surface area contributed by atoms with Gasteiger partial charge >= 0.3 is 0 Å². The van der Waals surface area contributed by atoms with Crippen molar-refractivity contribution in [2.45, 2.75) is 142 Å². The van der Waals surface area contributed by atoms with Crippen molar-refractivity contribution in [2.75, 3.05) is 6.54 Å². The first-order valence-corrected chi connectivity index (χ1v) is 12.4. The molecule has 0 amide bonds. The van der Waals surface area contributed by atoms with Gasteiger partial charge in [0.25, 0.3) is 0 Å². The van der Waals surface area contributed by atoms with Crippen LogP contribution in [0.15, 0.2) is 4.99 Å². The number of aliphatic imine (C=N–C) groups is 1. The highest BCUT2D eigenvalue weighted by atomic mass is 14.8. The highest BCUT2D eigenvalue weighted by Crippen LogP contribution is 2.25. The topological polar surface area (TPSA) is 12.4 Å². The van der Waals surface area contributed by atoms with E-state index < -0.39 is 0 Å². The number of nitrogens with zero attached hydrogens (tertiary/aromatic N) is 1. The van der Waals surface area contributed by atoms with Gasteiger partial charge in [0, 0.05) is 12.3 Å². The number of hydrogen-bond acceptors (Lipinski definition) is 1. The van der Waals surface area contributed by atoms with Gasteiger partial charge in [-0.1, -0.05) is 117 Å². The minimum Gasteiger partial charge on any atom is -0.294 e. The first kappa shape index (κ1) is 23.7. The Morgan fingerprint density at radius 1 is 0.615 bits per heavy atom. The van der Waals surface area contributed by atoms with Crippen molar-refractivity contribution in [3.8, 4) is 0 Å². The molecule has 26 heavy (non-hydrogen) atoms. The van der Waals surface area contributed by atoms with E-state index in [0.717, 1.165) is 12.5 Å². The molecule has 1 heteroatoms. The maximum absolute atomic E-state index is 4.85. The molecular weight excluding hydrogens is 314 g/mol. The quantitative estimate of drug-likeness (QED) is 0.203. The van der Waals surface area contributed by atoms with Gasteiger partial charge < -0.3 is 0 Å². The Hall–Kier alpha value is -0.330. The molecule has 154 valence electrons. The van der Waals surface area contributed by atoms with Crippen molar-refractivity contribution in [3.05, 3.63) is 0 Å². The molecule has 1 aliphatic heterocycles. The summed E-state index contributed by atoms with van der Waals surface area (Å²) in [6, 6.07) is 0. The summed E-state index contributed by atoms with van der Waals surface area (Å²) in [5, 5.41) is 0. The Labute approximate surface area is 165 Å². The van der Waals surface area contributed by atoms with Crippen LogP contribution in [0.3, 0.4) is 0 Å². The van der Waals surface area contributed by atoms with Crippen LogP contribution in [0.4, 0.5) is 0 Å². The maximum Gasteiger partial charge on any atom is 0.0395 e. The lowest BCUT2D eigenvalue weighted by Gasteiger charge is -2.13. The monoisotopic (exact) mass is 363 g/mol. The van der Waals surface area contributed by atoms with Gasteiger partial charge in [0.2, 0.25) is 0 Å². The molecule has 1 aliphatic rings. The van der Waals surface area contributed by atoms with Gasteiger partial charge in [-0.05, 0) is 31.6 Å². The average Bonchev–Trinajstić information content (AvgIpc) is 3.10. The fourth-order valence-electron chi connectivity index (χ4n) is 4.40. The molecule has 0 fully saturated rings. The van der Waals surface area contributed by atoms with E-state index in [1.807, 2.05) is 0 Å². The van der Waals surface area contributed by atoms with E-state index in [1.165, 1.54) is 128 Å². The highest BCUT2D eigenvalue weighted by molar-refractivity contribution is 5.88. The summed E-state index contributed by atoms with van der Waals surface area (Å²) in [5.41, 5.74) is 1.59. The zero-order chi connectivity index (χ0) is 18.7. The van der Waals surface area contributed by atoms with Gasteiger partial charge in [-0.25, -0.2) is 0 Å². The summed E-state index contributed by atoms with van der Waals surface area (Å²) >= 11 is 0. The van der Waals surface area contributed by atoms with Crippen LogP contribution in [0, 0.1) is 5.92 Å². The van der Waals surface area contributed by atoms with Crippen LogP contribution in [0.25, 0.3) is 0 Å². The zero-order valence-electron chi connectivity index (χ0n) is 18.4. The molecule has 0 aliphatic carbocycles. The predicted octanol–water partition coefficient (Wildman–Crippen LogP) is 8.90. The van der Waals surface area contributed by atoms with Crippen LogP contribution in [0.5, 0.6) is 0 Å². The molecule has 0 aromatic carbocycles. The van der Waals surface area contributed by atoms with Gasteiger partial charge in [-0.3, -0.25) is 4.99 Å². The molecule has 1 atom stereocenters. The third kappa shape index (κ3) is 12.9. The summed E-state index contributed by atoms with van der Waals surface area (Å²) in [4.78, 5) is 4.85. The van der Waals surface area contributed by atoms with E-state index in [1.54, 1.807) is 5.71 Å². The van der Waals surface area contributed by atoms with Gasteiger partial charge in [-0.2, -0.15) is 0 Å². The Morgan fingerprint density at radius 3 is 1.62 bits per heavy atom. The Morgan fingerprint density at radius 2 is 1.08 bits per heavy atom. The summed E-state index contributed by atoms with van der Waals surface area (Å²) < 4.78 is 0. The highest BCUT2D eigenvalue weighted by Gasteiger charge is 2.19. The zero-order valence-corrected chi connectivity index (χ0v) is 18.4. The van der Waals surface area contributed by atoms with E-state index >= 15 is 0 Å². The van der Waals surface area contributed by atoms with Crippen molar-refractivity contribution in [1.82, 2.24) is 0 Å². The van der Waals surface area contributed by atoms with Crippen LogP contribution in [-0.4, -0.2) is 12.3 Å². The lowest BCUT2D eigenvalue weighted by Crippen LogP contribution is -2.10. The van der Waals surface area contributed by atoms with Crippen molar-refractivity contribution in [3.63, 3.8) is 0 Å². The van der Waals surface area contributed by atoms with Crippen molar-refractivity contribution in [2.24, 2.45) is 10.9 Å². The second-order valence-corrected chi connectivity index (χ2v) is 8.70. The smallest absolute Gasteiger partial charge is 0.0395 e. The van der Waals surface area contributed by atoms with E-state index in [-0.39, 0.29) is 0 Å². The third-order valence-corrected chi connectivity index (χ3v) is 6.21. The SMILES string of the molecule is CCCCCCCCCCCC1=NCCC1CCCCCCCCCC. The lowest BCUT2D eigenvalue weighted by atomic mass is 9.91. The number of hydrogen-bond donors (Lipinski definition) is 0. The normalized spacial score (nSPS) is 17.0. The summed E-state index contributed by atoms with van der Waals surface area (Å²) in [5.74, 6) is 0.851. The molecule has 0 aromatic rings. The summed E-state index contributed by atoms with van der Waals surface area (Å²) in [6.45, 7) is 5.72. The van der Waals surface area contributed by atoms with Crippen molar-refractivity contribution < 1.29 is 0 Å². The fraction of sp³-hybridized carbons (Fsp3) is 0.960. The van der Waals surface area contributed by atoms with Crippen molar-refractivity contribution in [1.29, 1.82) is 0 Å². The second kappa shape index (κ2) is 18.1. The summed E-state index contributed by atoms with van der Waals surface area (Å²) in [7, 11) is 0. The van der Waals surface area contributed by atoms with E-state index in [2.05, 4.69) is 13.8 Å². The molecule has 1 heterocycles. The first-order valence-electron chi connectivity index (χ1n) is 12.4. The molecule has 0 spiro atoms. The van der Waals surface area contributed by atoms with Crippen LogP contribution >= 0.6 is 0 Å². The minimum atomic E-state index is 0.851.